The van der Waals surface area contributed by atoms with Gasteiger partial charge in [0.1, 0.15) is 0 Å². The van der Waals surface area contributed by atoms with Crippen molar-refractivity contribution in [2.45, 2.75) is 23.4 Å². The van der Waals surface area contributed by atoms with Crippen molar-refractivity contribution in [3.8, 4) is 10.7 Å². The van der Waals surface area contributed by atoms with E-state index in [0.717, 1.165) is 0 Å². The summed E-state index contributed by atoms with van der Waals surface area (Å²) in [7, 11) is 0. The van der Waals surface area contributed by atoms with E-state index in [1.165, 1.54) is 5.92 Å². The molecule has 0 bridgehead atoms. The summed E-state index contributed by atoms with van der Waals surface area (Å²) in [6.45, 7) is 0. The third-order valence-corrected chi connectivity index (χ3v) is 2.42. The Hall–Kier alpha value is -0.107. The van der Waals surface area contributed by atoms with Crippen LogP contribution in [0.25, 0.3) is 0 Å². The van der Waals surface area contributed by atoms with E-state index in [9.17, 15) is 13.2 Å². The average molecular weight is 211 g/mol. The third kappa shape index (κ3) is 7.89. The maximum absolute atomic E-state index is 11.4. The van der Waals surface area contributed by atoms with Crippen molar-refractivity contribution in [2.75, 3.05) is 0 Å². The first kappa shape index (κ1) is 9.89. The molecule has 0 aliphatic rings. The van der Waals surface area contributed by atoms with Gasteiger partial charge in [0.15, 0.2) is 0 Å². The minimum atomic E-state index is -4.31. The van der Waals surface area contributed by atoms with Crippen LogP contribution in [-0.2, 0) is 0 Å². The van der Waals surface area contributed by atoms with Gasteiger partial charge in [0.05, 0.1) is 0 Å². The van der Waals surface area contributed by atoms with Crippen LogP contribution in [0.1, 0.15) is 0 Å². The molecule has 10 heavy (non-hydrogen) atoms. The Bertz CT molecular complexity index is 146. The van der Waals surface area contributed by atoms with Crippen LogP contribution in [0.2, 0.25) is 17.3 Å². The van der Waals surface area contributed by atoms with Crippen LogP contribution >= 0.6 is 0 Å². The molecule has 0 amide bonds. The molecule has 0 rings (SSSR count). The molecule has 0 aliphatic carbocycles. The second-order valence-corrected chi connectivity index (χ2v) is 13.0. The molecule has 0 nitrogen and oxygen atoms in total. The maximum atomic E-state index is 11.4. The zero-order chi connectivity index (χ0) is 8.41. The molecule has 0 fully saturated rings. The van der Waals surface area contributed by atoms with E-state index in [-0.39, 0.29) is 0 Å². The Balaban J connectivity index is 4.19. The predicted molar refractivity (Wildman–Crippen MR) is 37.2 cm³/mol. The summed E-state index contributed by atoms with van der Waals surface area (Å²) >= 11 is -2.29. The number of alkyl halides is 3. The topological polar surface area (TPSA) is 0 Å². The number of rotatable bonds is 0. The molecule has 0 atom stereocenters. The normalized spacial score (nSPS) is 12.2. The fourth-order valence-electron chi connectivity index (χ4n) is 0.258. The van der Waals surface area contributed by atoms with Gasteiger partial charge < -0.3 is 0 Å². The van der Waals surface area contributed by atoms with E-state index in [0.29, 0.717) is 0 Å². The first-order chi connectivity index (χ1) is 4.21. The van der Waals surface area contributed by atoms with Gasteiger partial charge in [-0.3, -0.25) is 0 Å². The molecule has 0 spiro atoms. The van der Waals surface area contributed by atoms with Crippen LogP contribution in [0.3, 0.4) is 0 Å². The van der Waals surface area contributed by atoms with Crippen molar-refractivity contribution in [1.29, 1.82) is 0 Å². The summed E-state index contributed by atoms with van der Waals surface area (Å²) in [5, 5.41) is 0. The second-order valence-electron chi connectivity index (χ2n) is 3.00. The summed E-state index contributed by atoms with van der Waals surface area (Å²) in [5.74, 6) is 6.75. The van der Waals surface area contributed by atoms with Crippen molar-refractivity contribution < 1.29 is 13.2 Å². The van der Waals surface area contributed by atoms with Crippen LogP contribution in [-0.4, -0.2) is 19.4 Å². The van der Waals surface area contributed by atoms with Crippen LogP contribution in [0.4, 0.5) is 13.2 Å². The fraction of sp³-hybridized carbons (Fsp3) is 0.667. The third-order valence-electron chi connectivity index (χ3n) is 0.579. The Kier molecular flexibility index (Phi) is 2.84. The monoisotopic (exact) mass is 212 g/mol. The summed E-state index contributed by atoms with van der Waals surface area (Å²) < 4.78 is 36.6. The molecule has 0 saturated heterocycles. The zero-order valence-electron chi connectivity index (χ0n) is 6.13. The molecule has 0 aromatic rings. The number of halogens is 3. The SMILES string of the molecule is [CH3][Ge]([CH3])([CH3])[C]#CC(F)(F)F. The minimum absolute atomic E-state index is 1.30. The van der Waals surface area contributed by atoms with E-state index in [4.69, 9.17) is 0 Å². The first-order valence-electron chi connectivity index (χ1n) is 2.82. The van der Waals surface area contributed by atoms with Crippen LogP contribution in [0.5, 0.6) is 0 Å². The molecule has 0 radical (unpaired) electrons. The molecule has 0 aromatic carbocycles. The second kappa shape index (κ2) is 2.87. The van der Waals surface area contributed by atoms with E-state index < -0.39 is 19.4 Å². The molecular weight excluding hydrogens is 202 g/mol. The van der Waals surface area contributed by atoms with E-state index in [1.54, 1.807) is 0 Å². The van der Waals surface area contributed by atoms with Gasteiger partial charge >= 0.3 is 60.6 Å². The Morgan fingerprint density at radius 1 is 1.10 bits per heavy atom. The van der Waals surface area contributed by atoms with Crippen molar-refractivity contribution in [1.82, 2.24) is 0 Å². The number of hydrogen-bond donors (Lipinski definition) is 0. The molecule has 0 N–H and O–H groups in total. The molecule has 0 unspecified atom stereocenters. The van der Waals surface area contributed by atoms with Gasteiger partial charge in [-0.05, 0) is 0 Å². The van der Waals surface area contributed by atoms with E-state index in [2.05, 4.69) is 4.75 Å². The Labute approximate surface area is 61.2 Å². The van der Waals surface area contributed by atoms with Gasteiger partial charge in [-0.1, -0.05) is 0 Å². The summed E-state index contributed by atoms with van der Waals surface area (Å²) in [5.41, 5.74) is 0. The van der Waals surface area contributed by atoms with Gasteiger partial charge in [-0.15, -0.1) is 0 Å². The molecule has 0 aromatic heterocycles. The van der Waals surface area contributed by atoms with E-state index in [1.807, 2.05) is 17.3 Å². The number of hydrogen-bond acceptors (Lipinski definition) is 0. The van der Waals surface area contributed by atoms with Gasteiger partial charge in [0.25, 0.3) is 0 Å². The predicted octanol–water partition coefficient (Wildman–Crippen LogP) is 2.43. The van der Waals surface area contributed by atoms with Crippen LogP contribution in [0, 0.1) is 10.7 Å². The molecule has 0 aliphatic heterocycles. The molecule has 0 saturated carbocycles. The van der Waals surface area contributed by atoms with Crippen LogP contribution < -0.4 is 0 Å². The van der Waals surface area contributed by atoms with Gasteiger partial charge in [0, 0.05) is 0 Å². The summed E-state index contributed by atoms with van der Waals surface area (Å²) in [6.07, 6.45) is -4.31. The van der Waals surface area contributed by atoms with Gasteiger partial charge in [-0.2, -0.15) is 0 Å². The summed E-state index contributed by atoms with van der Waals surface area (Å²) in [4.78, 5) is 0. The molecule has 0 heterocycles. The van der Waals surface area contributed by atoms with Crippen molar-refractivity contribution in [2.24, 2.45) is 0 Å². The summed E-state index contributed by atoms with van der Waals surface area (Å²) in [6, 6.07) is 0. The van der Waals surface area contributed by atoms with Gasteiger partial charge in [0.2, 0.25) is 0 Å². The van der Waals surface area contributed by atoms with Gasteiger partial charge in [-0.25, -0.2) is 0 Å². The van der Waals surface area contributed by atoms with Crippen molar-refractivity contribution in [3.05, 3.63) is 0 Å². The quantitative estimate of drug-likeness (QED) is 0.426. The molecule has 4 heteroatoms. The molecular formula is C6H9F3Ge. The fourth-order valence-corrected chi connectivity index (χ4v) is 1.34. The van der Waals surface area contributed by atoms with Crippen LogP contribution in [0.15, 0.2) is 0 Å². The zero-order valence-corrected chi connectivity index (χ0v) is 8.23. The standard InChI is InChI=1S/C6H9F3Ge/c1-10(2,3)5-4-6(7,8)9/h1-3H3. The Morgan fingerprint density at radius 2 is 1.50 bits per heavy atom. The average Bonchev–Trinajstić information content (AvgIpc) is 1.57. The van der Waals surface area contributed by atoms with Crippen molar-refractivity contribution in [3.63, 3.8) is 0 Å². The first-order valence-corrected chi connectivity index (χ1v) is 10.2. The molecule has 58 valence electrons. The Morgan fingerprint density at radius 3 is 1.60 bits per heavy atom. The van der Waals surface area contributed by atoms with E-state index >= 15 is 0 Å². The van der Waals surface area contributed by atoms with Crippen molar-refractivity contribution >= 4 is 13.3 Å².